The summed E-state index contributed by atoms with van der Waals surface area (Å²) in [5.74, 6) is 0. The molecule has 1 aromatic rings. The number of ether oxygens (including phenoxy) is 2. The van der Waals surface area contributed by atoms with Crippen LogP contribution in [0.4, 0.5) is 0 Å². The molecule has 1 atom stereocenters. The maximum absolute atomic E-state index is 5.40. The summed E-state index contributed by atoms with van der Waals surface area (Å²) in [7, 11) is 0. The summed E-state index contributed by atoms with van der Waals surface area (Å²) >= 11 is 0. The van der Waals surface area contributed by atoms with Crippen molar-refractivity contribution in [3.05, 3.63) is 42.5 Å². The van der Waals surface area contributed by atoms with Crippen LogP contribution in [0, 0.1) is 6.61 Å². The minimum Gasteiger partial charge on any atom is -0.373 e. The maximum atomic E-state index is 5.40. The van der Waals surface area contributed by atoms with Crippen LogP contribution in [-0.2, 0) is 15.9 Å². The first kappa shape index (κ1) is 15.5. The Balaban J connectivity index is 1.30. The Morgan fingerprint density at radius 2 is 1.70 bits per heavy atom. The van der Waals surface area contributed by atoms with Gasteiger partial charge in [-0.3, -0.25) is 0 Å². The second kappa shape index (κ2) is 9.95. The molecule has 0 bridgehead atoms. The minimum absolute atomic E-state index is 0.385. The van der Waals surface area contributed by atoms with Crippen molar-refractivity contribution < 1.29 is 9.47 Å². The van der Waals surface area contributed by atoms with Gasteiger partial charge in [0, 0.05) is 0 Å². The van der Waals surface area contributed by atoms with Gasteiger partial charge in [0.15, 0.2) is 0 Å². The summed E-state index contributed by atoms with van der Waals surface area (Å²) in [5, 5.41) is 0. The fourth-order valence-corrected chi connectivity index (χ4v) is 2.33. The molecular weight excluding hydrogens is 248 g/mol. The normalized spacial score (nSPS) is 17.3. The lowest BCUT2D eigenvalue weighted by atomic mass is 10.0. The van der Waals surface area contributed by atoms with Crippen molar-refractivity contribution in [1.29, 1.82) is 0 Å². The average molecular weight is 275 g/mol. The summed E-state index contributed by atoms with van der Waals surface area (Å²) in [5.41, 5.74) is 1.47. The molecule has 1 saturated heterocycles. The first-order chi connectivity index (χ1) is 9.95. The van der Waals surface area contributed by atoms with E-state index in [4.69, 9.17) is 9.47 Å². The van der Waals surface area contributed by atoms with Crippen molar-refractivity contribution in [3.63, 3.8) is 0 Å². The van der Waals surface area contributed by atoms with Crippen LogP contribution < -0.4 is 0 Å². The summed E-state index contributed by atoms with van der Waals surface area (Å²) < 4.78 is 10.5. The Morgan fingerprint density at radius 3 is 2.45 bits per heavy atom. The summed E-state index contributed by atoms with van der Waals surface area (Å²) in [6.45, 7) is 3.59. The molecule has 0 N–H and O–H groups in total. The lowest BCUT2D eigenvalue weighted by Crippen LogP contribution is -1.98. The SMILES string of the molecule is [CH](CCCCCCCCc1ccccc1)OCC1CO1. The van der Waals surface area contributed by atoms with Crippen LogP contribution in [0.5, 0.6) is 0 Å². The second-order valence-electron chi connectivity index (χ2n) is 5.60. The molecule has 2 heteroatoms. The Morgan fingerprint density at radius 1 is 1.00 bits per heavy atom. The number of unbranched alkanes of at least 4 members (excludes halogenated alkanes) is 6. The van der Waals surface area contributed by atoms with Crippen molar-refractivity contribution in [1.82, 2.24) is 0 Å². The highest BCUT2D eigenvalue weighted by molar-refractivity contribution is 5.14. The standard InChI is InChI=1S/C18H27O2/c1(3-5-10-14-19-15-18-16-20-18)2-4-7-11-17-12-8-6-9-13-17/h6,8-9,12-14,18H,1-5,7,10-11,15-16H2. The molecule has 0 aromatic heterocycles. The van der Waals surface area contributed by atoms with Crippen LogP contribution in [0.25, 0.3) is 0 Å². The van der Waals surface area contributed by atoms with Crippen LogP contribution in [0.15, 0.2) is 30.3 Å². The highest BCUT2D eigenvalue weighted by Crippen LogP contribution is 2.13. The van der Waals surface area contributed by atoms with Gasteiger partial charge in [0.1, 0.15) is 6.10 Å². The zero-order chi connectivity index (χ0) is 13.9. The van der Waals surface area contributed by atoms with Crippen molar-refractivity contribution >= 4 is 0 Å². The Labute approximate surface area is 123 Å². The second-order valence-corrected chi connectivity index (χ2v) is 5.60. The third kappa shape index (κ3) is 7.66. The number of epoxide rings is 1. The predicted molar refractivity (Wildman–Crippen MR) is 82.5 cm³/mol. The van der Waals surface area contributed by atoms with E-state index in [-0.39, 0.29) is 0 Å². The fourth-order valence-electron chi connectivity index (χ4n) is 2.33. The predicted octanol–water partition coefficient (Wildman–Crippen LogP) is 4.54. The van der Waals surface area contributed by atoms with E-state index >= 15 is 0 Å². The quantitative estimate of drug-likeness (QED) is 0.413. The van der Waals surface area contributed by atoms with E-state index in [1.54, 1.807) is 0 Å². The molecule has 1 aliphatic heterocycles. The molecule has 1 radical (unpaired) electrons. The van der Waals surface area contributed by atoms with Crippen LogP contribution in [0.1, 0.15) is 50.5 Å². The monoisotopic (exact) mass is 275 g/mol. The van der Waals surface area contributed by atoms with Crippen molar-refractivity contribution in [2.45, 2.75) is 57.5 Å². The van der Waals surface area contributed by atoms with Gasteiger partial charge in [0.2, 0.25) is 0 Å². The van der Waals surface area contributed by atoms with Gasteiger partial charge in [-0.15, -0.1) is 0 Å². The molecule has 0 amide bonds. The molecule has 0 aliphatic carbocycles. The van der Waals surface area contributed by atoms with Gasteiger partial charge in [-0.05, 0) is 24.8 Å². The summed E-state index contributed by atoms with van der Waals surface area (Å²) in [4.78, 5) is 0. The molecule has 0 spiro atoms. The van der Waals surface area contributed by atoms with Crippen LogP contribution in [0.3, 0.4) is 0 Å². The first-order valence-electron chi connectivity index (χ1n) is 8.04. The molecular formula is C18H27O2. The average Bonchev–Trinajstić information content (AvgIpc) is 3.30. The van der Waals surface area contributed by atoms with Crippen molar-refractivity contribution in [2.24, 2.45) is 0 Å². The Kier molecular flexibility index (Phi) is 7.73. The number of hydrogen-bond donors (Lipinski definition) is 0. The van der Waals surface area contributed by atoms with Crippen LogP contribution in [0.2, 0.25) is 0 Å². The van der Waals surface area contributed by atoms with Gasteiger partial charge in [0.25, 0.3) is 0 Å². The van der Waals surface area contributed by atoms with E-state index in [2.05, 4.69) is 30.3 Å². The van der Waals surface area contributed by atoms with Crippen LogP contribution in [-0.4, -0.2) is 19.3 Å². The van der Waals surface area contributed by atoms with E-state index in [0.29, 0.717) is 6.10 Å². The third-order valence-corrected chi connectivity index (χ3v) is 3.68. The van der Waals surface area contributed by atoms with Gasteiger partial charge in [0.05, 0.1) is 19.8 Å². The zero-order valence-corrected chi connectivity index (χ0v) is 12.4. The fraction of sp³-hybridized carbons (Fsp3) is 0.611. The first-order valence-corrected chi connectivity index (χ1v) is 8.04. The number of rotatable bonds is 12. The van der Waals surface area contributed by atoms with Crippen LogP contribution >= 0.6 is 0 Å². The molecule has 1 fully saturated rings. The Bertz CT molecular complexity index is 333. The van der Waals surface area contributed by atoms with E-state index in [1.165, 1.54) is 50.5 Å². The highest BCUT2D eigenvalue weighted by atomic mass is 16.6. The highest BCUT2D eigenvalue weighted by Gasteiger charge is 2.21. The topological polar surface area (TPSA) is 21.8 Å². The molecule has 2 nitrogen and oxygen atoms in total. The molecule has 1 aliphatic rings. The maximum Gasteiger partial charge on any atom is 0.104 e. The van der Waals surface area contributed by atoms with Gasteiger partial charge in [-0.25, -0.2) is 0 Å². The molecule has 1 aromatic carbocycles. The lowest BCUT2D eigenvalue weighted by molar-refractivity contribution is 0.165. The minimum atomic E-state index is 0.385. The Hall–Kier alpha value is -0.860. The van der Waals surface area contributed by atoms with E-state index in [1.807, 2.05) is 6.61 Å². The largest absolute Gasteiger partial charge is 0.373 e. The molecule has 1 heterocycles. The third-order valence-electron chi connectivity index (χ3n) is 3.68. The smallest absolute Gasteiger partial charge is 0.104 e. The molecule has 2 rings (SSSR count). The number of aryl methyl sites for hydroxylation is 1. The van der Waals surface area contributed by atoms with E-state index < -0.39 is 0 Å². The number of benzene rings is 1. The van der Waals surface area contributed by atoms with Crippen molar-refractivity contribution in [2.75, 3.05) is 13.2 Å². The lowest BCUT2D eigenvalue weighted by Gasteiger charge is -2.03. The van der Waals surface area contributed by atoms with Gasteiger partial charge < -0.3 is 9.47 Å². The molecule has 20 heavy (non-hydrogen) atoms. The van der Waals surface area contributed by atoms with Gasteiger partial charge in [-0.1, -0.05) is 62.4 Å². The van der Waals surface area contributed by atoms with E-state index in [0.717, 1.165) is 19.6 Å². The molecule has 0 saturated carbocycles. The zero-order valence-electron chi connectivity index (χ0n) is 12.4. The summed E-state index contributed by atoms with van der Waals surface area (Å²) in [6.07, 6.45) is 10.7. The number of hydrogen-bond acceptors (Lipinski definition) is 2. The van der Waals surface area contributed by atoms with Crippen molar-refractivity contribution in [3.8, 4) is 0 Å². The summed E-state index contributed by atoms with van der Waals surface area (Å²) in [6, 6.07) is 10.8. The van der Waals surface area contributed by atoms with Gasteiger partial charge in [-0.2, -0.15) is 0 Å². The van der Waals surface area contributed by atoms with E-state index in [9.17, 15) is 0 Å². The molecule has 1 unspecified atom stereocenters. The molecule has 111 valence electrons. The van der Waals surface area contributed by atoms with Gasteiger partial charge >= 0.3 is 0 Å².